The van der Waals surface area contributed by atoms with Crippen molar-refractivity contribution in [1.82, 2.24) is 15.2 Å². The highest BCUT2D eigenvalue weighted by Gasteiger charge is 2.26. The summed E-state index contributed by atoms with van der Waals surface area (Å²) in [5.41, 5.74) is 2.60. The minimum Gasteiger partial charge on any atom is -0.445 e. The molecule has 1 aromatic heterocycles. The van der Waals surface area contributed by atoms with Crippen molar-refractivity contribution in [2.45, 2.75) is 12.6 Å². The van der Waals surface area contributed by atoms with Crippen LogP contribution in [0.2, 0.25) is 0 Å². The lowest BCUT2D eigenvalue weighted by Gasteiger charge is -2.40. The fourth-order valence-electron chi connectivity index (χ4n) is 3.97. The number of hydrogen-bond acceptors (Lipinski definition) is 5. The molecule has 3 aromatic rings. The average molecular weight is 435 g/mol. The number of pyridine rings is 1. The highest BCUT2D eigenvalue weighted by atomic mass is 19.1. The molecule has 1 saturated heterocycles. The second-order valence-corrected chi connectivity index (χ2v) is 7.72. The first-order valence-electron chi connectivity index (χ1n) is 10.8. The van der Waals surface area contributed by atoms with Gasteiger partial charge in [0.25, 0.3) is 0 Å². The van der Waals surface area contributed by atoms with Gasteiger partial charge in [-0.3, -0.25) is 9.88 Å². The number of ether oxygens (including phenoxy) is 1. The smallest absolute Gasteiger partial charge is 0.407 e. The summed E-state index contributed by atoms with van der Waals surface area (Å²) in [7, 11) is 0. The number of carbonyl (C=O) groups is 1. The Kier molecular flexibility index (Phi) is 7.30. The third-order valence-electron chi connectivity index (χ3n) is 5.67. The Bertz CT molecular complexity index is 995. The van der Waals surface area contributed by atoms with Gasteiger partial charge in [0.05, 0.1) is 11.7 Å². The Morgan fingerprint density at radius 1 is 1.00 bits per heavy atom. The van der Waals surface area contributed by atoms with Crippen LogP contribution in [0.1, 0.15) is 17.2 Å². The predicted octanol–water partition coefficient (Wildman–Crippen LogP) is 4.01. The van der Waals surface area contributed by atoms with Gasteiger partial charge in [0, 0.05) is 45.1 Å². The number of nitrogens with zero attached hydrogens (tertiary/aromatic N) is 3. The maximum Gasteiger partial charge on any atom is 0.407 e. The van der Waals surface area contributed by atoms with Gasteiger partial charge >= 0.3 is 6.09 Å². The first-order valence-corrected chi connectivity index (χ1v) is 10.8. The molecule has 1 aliphatic heterocycles. The van der Waals surface area contributed by atoms with Crippen LogP contribution in [-0.2, 0) is 11.3 Å². The van der Waals surface area contributed by atoms with E-state index < -0.39 is 6.09 Å². The molecule has 7 heteroatoms. The van der Waals surface area contributed by atoms with Gasteiger partial charge in [-0.05, 0) is 29.3 Å². The number of anilines is 1. The Morgan fingerprint density at radius 3 is 2.47 bits per heavy atom. The van der Waals surface area contributed by atoms with E-state index in [4.69, 9.17) is 4.74 Å². The van der Waals surface area contributed by atoms with Gasteiger partial charge in [0.15, 0.2) is 0 Å². The van der Waals surface area contributed by atoms with Crippen LogP contribution in [0.4, 0.5) is 14.9 Å². The molecule has 4 rings (SSSR count). The van der Waals surface area contributed by atoms with Crippen molar-refractivity contribution in [2.24, 2.45) is 0 Å². The van der Waals surface area contributed by atoms with E-state index >= 15 is 0 Å². The molecule has 166 valence electrons. The van der Waals surface area contributed by atoms with Gasteiger partial charge in [-0.25, -0.2) is 9.18 Å². The fraction of sp³-hybridized carbons (Fsp3) is 0.280. The SMILES string of the molecule is O=C(NC[C@H](c1cccnc1)N1CCN(c2ccccc2F)CC1)OCc1ccccc1. The molecule has 0 radical (unpaired) electrons. The Hall–Kier alpha value is -3.45. The summed E-state index contributed by atoms with van der Waals surface area (Å²) in [6, 6.07) is 20.3. The zero-order valence-electron chi connectivity index (χ0n) is 17.9. The number of piperazine rings is 1. The lowest BCUT2D eigenvalue weighted by atomic mass is 10.1. The molecule has 1 fully saturated rings. The summed E-state index contributed by atoms with van der Waals surface area (Å²) in [6.45, 7) is 3.53. The number of carbonyl (C=O) groups excluding carboxylic acids is 1. The largest absolute Gasteiger partial charge is 0.445 e. The molecule has 2 aromatic carbocycles. The van der Waals surface area contributed by atoms with E-state index in [9.17, 15) is 9.18 Å². The molecule has 1 atom stereocenters. The molecule has 0 aliphatic carbocycles. The van der Waals surface area contributed by atoms with E-state index in [1.165, 1.54) is 6.07 Å². The molecule has 32 heavy (non-hydrogen) atoms. The molecule has 0 bridgehead atoms. The van der Waals surface area contributed by atoms with E-state index in [0.717, 1.165) is 24.2 Å². The lowest BCUT2D eigenvalue weighted by Crippen LogP contribution is -2.50. The molecule has 0 spiro atoms. The van der Waals surface area contributed by atoms with Gasteiger partial charge in [-0.1, -0.05) is 48.5 Å². The van der Waals surface area contributed by atoms with Crippen molar-refractivity contribution in [2.75, 3.05) is 37.6 Å². The second kappa shape index (κ2) is 10.7. The summed E-state index contributed by atoms with van der Waals surface area (Å²) in [6.07, 6.45) is 3.11. The molecular formula is C25H27FN4O2. The molecule has 6 nitrogen and oxygen atoms in total. The average Bonchev–Trinajstić information content (AvgIpc) is 2.85. The zero-order chi connectivity index (χ0) is 22.2. The van der Waals surface area contributed by atoms with Crippen molar-refractivity contribution in [3.05, 3.63) is 96.1 Å². The molecule has 1 N–H and O–H groups in total. The predicted molar refractivity (Wildman–Crippen MR) is 122 cm³/mol. The van der Waals surface area contributed by atoms with Crippen LogP contribution in [0.15, 0.2) is 79.1 Å². The quantitative estimate of drug-likeness (QED) is 0.609. The number of halogens is 1. The zero-order valence-corrected chi connectivity index (χ0v) is 17.9. The molecule has 1 aliphatic rings. The number of aromatic nitrogens is 1. The summed E-state index contributed by atoms with van der Waals surface area (Å²) in [5, 5.41) is 2.90. The van der Waals surface area contributed by atoms with Crippen LogP contribution in [0.3, 0.4) is 0 Å². The Balaban J connectivity index is 1.36. The van der Waals surface area contributed by atoms with Crippen molar-refractivity contribution in [3.8, 4) is 0 Å². The minimum atomic E-state index is -0.451. The highest BCUT2D eigenvalue weighted by molar-refractivity contribution is 5.67. The molecule has 0 unspecified atom stereocenters. The summed E-state index contributed by atoms with van der Waals surface area (Å²) in [4.78, 5) is 20.9. The Morgan fingerprint density at radius 2 is 1.75 bits per heavy atom. The number of amides is 1. The number of para-hydroxylation sites is 1. The summed E-state index contributed by atoms with van der Waals surface area (Å²) < 4.78 is 19.5. The number of nitrogens with one attached hydrogen (secondary N) is 1. The van der Waals surface area contributed by atoms with Gasteiger partial charge in [-0.15, -0.1) is 0 Å². The number of benzene rings is 2. The second-order valence-electron chi connectivity index (χ2n) is 7.72. The fourth-order valence-corrected chi connectivity index (χ4v) is 3.97. The van der Waals surface area contributed by atoms with Crippen LogP contribution in [0.5, 0.6) is 0 Å². The maximum absolute atomic E-state index is 14.2. The summed E-state index contributed by atoms with van der Waals surface area (Å²) >= 11 is 0. The standard InChI is InChI=1S/C25H27FN4O2/c26-22-10-4-5-11-23(22)29-13-15-30(16-14-29)24(21-9-6-12-27-17-21)18-28-25(31)32-19-20-7-2-1-3-8-20/h1-12,17,24H,13-16,18-19H2,(H,28,31)/t24-/m1/s1. The van der Waals surface area contributed by atoms with Crippen LogP contribution in [0.25, 0.3) is 0 Å². The minimum absolute atomic E-state index is 0.0456. The molecule has 1 amide bonds. The van der Waals surface area contributed by atoms with Crippen LogP contribution >= 0.6 is 0 Å². The number of alkyl carbamates (subject to hydrolysis) is 1. The maximum atomic E-state index is 14.2. The normalized spacial score (nSPS) is 15.2. The van der Waals surface area contributed by atoms with Gasteiger partial charge in [0.2, 0.25) is 0 Å². The van der Waals surface area contributed by atoms with E-state index in [1.807, 2.05) is 60.8 Å². The topological polar surface area (TPSA) is 57.7 Å². The molecular weight excluding hydrogens is 407 g/mol. The van der Waals surface area contributed by atoms with Crippen molar-refractivity contribution >= 4 is 11.8 Å². The lowest BCUT2D eigenvalue weighted by molar-refractivity contribution is 0.130. The summed E-state index contributed by atoms with van der Waals surface area (Å²) in [5.74, 6) is -0.201. The van der Waals surface area contributed by atoms with Gasteiger partial charge in [-0.2, -0.15) is 0 Å². The van der Waals surface area contributed by atoms with Gasteiger partial charge < -0.3 is 15.0 Å². The van der Waals surface area contributed by atoms with Crippen molar-refractivity contribution in [1.29, 1.82) is 0 Å². The Labute approximate surface area is 187 Å². The van der Waals surface area contributed by atoms with Crippen molar-refractivity contribution in [3.63, 3.8) is 0 Å². The van der Waals surface area contributed by atoms with E-state index in [-0.39, 0.29) is 18.5 Å². The van der Waals surface area contributed by atoms with Crippen LogP contribution < -0.4 is 10.2 Å². The van der Waals surface area contributed by atoms with Crippen LogP contribution in [-0.4, -0.2) is 48.7 Å². The van der Waals surface area contributed by atoms with Crippen molar-refractivity contribution < 1.29 is 13.9 Å². The first-order chi connectivity index (χ1) is 15.7. The third kappa shape index (κ3) is 5.62. The highest BCUT2D eigenvalue weighted by Crippen LogP contribution is 2.25. The van der Waals surface area contributed by atoms with E-state index in [1.54, 1.807) is 12.3 Å². The van der Waals surface area contributed by atoms with Gasteiger partial charge in [0.1, 0.15) is 12.4 Å². The number of rotatable bonds is 7. The molecule has 0 saturated carbocycles. The number of hydrogen-bond donors (Lipinski definition) is 1. The molecule has 2 heterocycles. The first kappa shape index (κ1) is 21.8. The third-order valence-corrected chi connectivity index (χ3v) is 5.67. The van der Waals surface area contributed by atoms with E-state index in [2.05, 4.69) is 20.1 Å². The monoisotopic (exact) mass is 434 g/mol. The van der Waals surface area contributed by atoms with E-state index in [0.29, 0.717) is 25.3 Å². The van der Waals surface area contributed by atoms with Crippen LogP contribution in [0, 0.1) is 5.82 Å².